The Labute approximate surface area is 131 Å². The molecule has 1 aromatic carbocycles. The quantitative estimate of drug-likeness (QED) is 0.867. The maximum absolute atomic E-state index is 13.2. The number of hydrogen-bond acceptors (Lipinski definition) is 5. The minimum atomic E-state index is -1.30. The van der Waals surface area contributed by atoms with Crippen LogP contribution in [0.25, 0.3) is 0 Å². The number of halogens is 1. The van der Waals surface area contributed by atoms with Crippen molar-refractivity contribution < 1.29 is 23.8 Å². The molecule has 120 valence electrons. The fourth-order valence-corrected chi connectivity index (χ4v) is 1.83. The van der Waals surface area contributed by atoms with Gasteiger partial charge in [-0.2, -0.15) is 9.97 Å². The molecule has 0 unspecified atom stereocenters. The van der Waals surface area contributed by atoms with Gasteiger partial charge in [0.05, 0.1) is 7.11 Å². The second kappa shape index (κ2) is 6.82. The zero-order valence-corrected chi connectivity index (χ0v) is 12.5. The molecule has 1 aromatic heterocycles. The zero-order chi connectivity index (χ0) is 17.0. The van der Waals surface area contributed by atoms with Crippen LogP contribution in [0.1, 0.15) is 32.1 Å². The predicted molar refractivity (Wildman–Crippen MR) is 77.9 cm³/mol. The molecular weight excluding hydrogens is 305 g/mol. The van der Waals surface area contributed by atoms with Crippen molar-refractivity contribution in [3.8, 4) is 6.01 Å². The number of carboxylic acids is 1. The van der Waals surface area contributed by atoms with Gasteiger partial charge in [-0.15, -0.1) is 0 Å². The third-order valence-corrected chi connectivity index (χ3v) is 3.02. The van der Waals surface area contributed by atoms with Gasteiger partial charge in [0.25, 0.3) is 5.91 Å². The number of hydrogen-bond donors (Lipinski definition) is 2. The molecule has 0 spiro atoms. The number of carboxylic acid groups (broad SMARTS) is 1. The number of nitrogens with zero attached hydrogens (tertiary/aromatic N) is 2. The van der Waals surface area contributed by atoms with Crippen LogP contribution >= 0.6 is 0 Å². The molecule has 23 heavy (non-hydrogen) atoms. The van der Waals surface area contributed by atoms with E-state index in [9.17, 15) is 14.0 Å². The number of carbonyl (C=O) groups is 2. The monoisotopic (exact) mass is 319 g/mol. The lowest BCUT2D eigenvalue weighted by molar-refractivity contribution is 0.0689. The normalized spacial score (nSPS) is 10.2. The van der Waals surface area contributed by atoms with Gasteiger partial charge in [0.2, 0.25) is 0 Å². The van der Waals surface area contributed by atoms with Crippen molar-refractivity contribution in [2.24, 2.45) is 0 Å². The first kappa shape index (κ1) is 16.3. The molecule has 0 aliphatic rings. The minimum absolute atomic E-state index is 0.131. The molecule has 7 nitrogen and oxygen atoms in total. The average molecular weight is 319 g/mol. The van der Waals surface area contributed by atoms with Crippen LogP contribution in [0.2, 0.25) is 0 Å². The number of aromatic carboxylic acids is 1. The van der Waals surface area contributed by atoms with E-state index in [4.69, 9.17) is 9.84 Å². The summed E-state index contributed by atoms with van der Waals surface area (Å²) in [5, 5.41) is 11.5. The number of nitrogens with one attached hydrogen (secondary N) is 1. The van der Waals surface area contributed by atoms with Gasteiger partial charge in [-0.25, -0.2) is 9.18 Å². The van der Waals surface area contributed by atoms with E-state index in [2.05, 4.69) is 15.3 Å². The highest BCUT2D eigenvalue weighted by molar-refractivity contribution is 5.95. The summed E-state index contributed by atoms with van der Waals surface area (Å²) in [6.07, 6.45) is 0. The Hall–Kier alpha value is -3.03. The number of rotatable bonds is 5. The van der Waals surface area contributed by atoms with Gasteiger partial charge >= 0.3 is 12.0 Å². The van der Waals surface area contributed by atoms with E-state index in [1.54, 1.807) is 19.1 Å². The van der Waals surface area contributed by atoms with E-state index >= 15 is 0 Å². The lowest BCUT2D eigenvalue weighted by Crippen LogP contribution is -2.24. The fraction of sp³-hybridized carbons (Fsp3) is 0.200. The summed E-state index contributed by atoms with van der Waals surface area (Å²) in [6, 6.07) is 5.31. The molecule has 0 saturated heterocycles. The van der Waals surface area contributed by atoms with Gasteiger partial charge in [-0.05, 0) is 24.1 Å². The van der Waals surface area contributed by atoms with E-state index in [0.29, 0.717) is 11.1 Å². The average Bonchev–Trinajstić information content (AvgIpc) is 2.55. The topological polar surface area (TPSA) is 101 Å². The van der Waals surface area contributed by atoms with Crippen molar-refractivity contribution in [3.05, 3.63) is 52.6 Å². The van der Waals surface area contributed by atoms with Crippen molar-refractivity contribution in [2.45, 2.75) is 13.5 Å². The van der Waals surface area contributed by atoms with E-state index in [1.165, 1.54) is 13.2 Å². The lowest BCUT2D eigenvalue weighted by Gasteiger charge is -2.07. The largest absolute Gasteiger partial charge is 0.477 e. The highest BCUT2D eigenvalue weighted by Gasteiger charge is 2.15. The molecule has 2 aromatic rings. The van der Waals surface area contributed by atoms with Crippen LogP contribution in [-0.2, 0) is 6.54 Å². The van der Waals surface area contributed by atoms with Crippen molar-refractivity contribution in [1.82, 2.24) is 15.3 Å². The number of aryl methyl sites for hydroxylation is 1. The Morgan fingerprint density at radius 1 is 1.26 bits per heavy atom. The second-order valence-electron chi connectivity index (χ2n) is 4.70. The minimum Gasteiger partial charge on any atom is -0.477 e. The number of methoxy groups -OCH3 is 1. The van der Waals surface area contributed by atoms with Crippen molar-refractivity contribution >= 4 is 11.9 Å². The first-order valence-electron chi connectivity index (χ1n) is 6.60. The molecule has 0 fully saturated rings. The van der Waals surface area contributed by atoms with E-state index in [-0.39, 0.29) is 29.8 Å². The summed E-state index contributed by atoms with van der Waals surface area (Å²) in [5.41, 5.74) is 0.693. The summed E-state index contributed by atoms with van der Waals surface area (Å²) in [6.45, 7) is 1.77. The lowest BCUT2D eigenvalue weighted by atomic mass is 10.1. The molecule has 0 radical (unpaired) electrons. The Morgan fingerprint density at radius 2 is 1.96 bits per heavy atom. The van der Waals surface area contributed by atoms with Crippen LogP contribution in [0.15, 0.2) is 24.3 Å². The fourth-order valence-electron chi connectivity index (χ4n) is 1.83. The first-order chi connectivity index (χ1) is 10.9. The van der Waals surface area contributed by atoms with Gasteiger partial charge in [0.15, 0.2) is 5.69 Å². The van der Waals surface area contributed by atoms with Crippen molar-refractivity contribution in [2.75, 3.05) is 7.11 Å². The predicted octanol–water partition coefficient (Wildman–Crippen LogP) is 1.56. The second-order valence-corrected chi connectivity index (χ2v) is 4.70. The van der Waals surface area contributed by atoms with E-state index in [0.717, 1.165) is 6.07 Å². The van der Waals surface area contributed by atoms with Crippen LogP contribution in [0.4, 0.5) is 4.39 Å². The smallest absolute Gasteiger partial charge is 0.354 e. The SMILES string of the molecule is COc1nc(C(=O)O)cc(C(=O)NCc2ccc(F)c(C)c2)n1. The van der Waals surface area contributed by atoms with E-state index < -0.39 is 11.9 Å². The number of amides is 1. The third-order valence-electron chi connectivity index (χ3n) is 3.02. The Morgan fingerprint density at radius 3 is 2.57 bits per heavy atom. The molecule has 0 atom stereocenters. The Kier molecular flexibility index (Phi) is 4.85. The van der Waals surface area contributed by atoms with Gasteiger partial charge < -0.3 is 15.2 Å². The third kappa shape index (κ3) is 4.00. The Bertz CT molecular complexity index is 764. The number of aromatic nitrogens is 2. The molecule has 1 amide bonds. The number of ether oxygens (including phenoxy) is 1. The highest BCUT2D eigenvalue weighted by Crippen LogP contribution is 2.10. The summed E-state index contributed by atoms with van der Waals surface area (Å²) in [4.78, 5) is 30.5. The summed E-state index contributed by atoms with van der Waals surface area (Å²) in [5.74, 6) is -2.21. The van der Waals surface area contributed by atoms with Crippen LogP contribution in [0.5, 0.6) is 6.01 Å². The summed E-state index contributed by atoms with van der Waals surface area (Å²) in [7, 11) is 1.27. The maximum Gasteiger partial charge on any atom is 0.354 e. The summed E-state index contributed by atoms with van der Waals surface area (Å²) < 4.78 is 18.0. The van der Waals surface area contributed by atoms with Gasteiger partial charge in [0, 0.05) is 12.6 Å². The van der Waals surface area contributed by atoms with Crippen LogP contribution in [0, 0.1) is 12.7 Å². The molecule has 0 bridgehead atoms. The van der Waals surface area contributed by atoms with Crippen LogP contribution < -0.4 is 10.1 Å². The first-order valence-corrected chi connectivity index (χ1v) is 6.60. The Balaban J connectivity index is 2.15. The van der Waals surface area contributed by atoms with E-state index in [1.807, 2.05) is 0 Å². The van der Waals surface area contributed by atoms with Crippen molar-refractivity contribution in [3.63, 3.8) is 0 Å². The van der Waals surface area contributed by atoms with Gasteiger partial charge in [-0.3, -0.25) is 4.79 Å². The molecular formula is C15H14FN3O4. The molecule has 0 aliphatic carbocycles. The molecule has 2 N–H and O–H groups in total. The summed E-state index contributed by atoms with van der Waals surface area (Å²) >= 11 is 0. The molecule has 8 heteroatoms. The standard InChI is InChI=1S/C15H14FN3O4/c1-8-5-9(3-4-10(8)16)7-17-13(20)11-6-12(14(21)22)19-15(18-11)23-2/h3-6H,7H2,1-2H3,(H,17,20)(H,21,22). The number of benzene rings is 1. The van der Waals surface area contributed by atoms with Gasteiger partial charge in [0.1, 0.15) is 11.5 Å². The maximum atomic E-state index is 13.2. The van der Waals surface area contributed by atoms with Crippen LogP contribution in [0.3, 0.4) is 0 Å². The zero-order valence-electron chi connectivity index (χ0n) is 12.5. The molecule has 0 aliphatic heterocycles. The number of carbonyl (C=O) groups excluding carboxylic acids is 1. The molecule has 2 rings (SSSR count). The molecule has 0 saturated carbocycles. The highest BCUT2D eigenvalue weighted by atomic mass is 19.1. The van der Waals surface area contributed by atoms with Crippen molar-refractivity contribution in [1.29, 1.82) is 0 Å². The van der Waals surface area contributed by atoms with Gasteiger partial charge in [-0.1, -0.05) is 12.1 Å². The van der Waals surface area contributed by atoms with Crippen LogP contribution in [-0.4, -0.2) is 34.1 Å². The molecule has 1 heterocycles.